The quantitative estimate of drug-likeness (QED) is 0.814. The van der Waals surface area contributed by atoms with Crippen molar-refractivity contribution in [1.29, 1.82) is 0 Å². The van der Waals surface area contributed by atoms with Gasteiger partial charge in [0, 0.05) is 16.4 Å². The van der Waals surface area contributed by atoms with Crippen LogP contribution in [0.3, 0.4) is 0 Å². The van der Waals surface area contributed by atoms with Crippen molar-refractivity contribution in [1.82, 2.24) is 4.90 Å². The largest absolute Gasteiger partial charge is 0.396 e. The molecule has 1 aliphatic carbocycles. The Balaban J connectivity index is 2.27. The molecule has 1 aliphatic rings. The van der Waals surface area contributed by atoms with E-state index in [4.69, 9.17) is 0 Å². The minimum atomic E-state index is 0.102. The van der Waals surface area contributed by atoms with E-state index in [1.54, 1.807) is 11.8 Å². The lowest BCUT2D eigenvalue weighted by Gasteiger charge is -2.32. The Labute approximate surface area is 108 Å². The molecule has 1 saturated carbocycles. The van der Waals surface area contributed by atoms with Crippen LogP contribution in [0.1, 0.15) is 24.4 Å². The number of aliphatic hydroxyl groups excluding tert-OH is 1. The van der Waals surface area contributed by atoms with Gasteiger partial charge in [0.15, 0.2) is 0 Å². The Morgan fingerprint density at radius 3 is 2.24 bits per heavy atom. The van der Waals surface area contributed by atoms with E-state index >= 15 is 0 Å². The molecule has 0 radical (unpaired) electrons. The Morgan fingerprint density at radius 1 is 1.29 bits per heavy atom. The van der Waals surface area contributed by atoms with Crippen LogP contribution in [0.15, 0.2) is 29.2 Å². The fourth-order valence-corrected chi connectivity index (χ4v) is 3.07. The highest BCUT2D eigenvalue weighted by atomic mass is 32.2. The van der Waals surface area contributed by atoms with Crippen LogP contribution in [0.5, 0.6) is 0 Å². The monoisotopic (exact) mass is 251 g/mol. The van der Waals surface area contributed by atoms with Gasteiger partial charge in [-0.05, 0) is 50.9 Å². The van der Waals surface area contributed by atoms with E-state index in [2.05, 4.69) is 49.5 Å². The summed E-state index contributed by atoms with van der Waals surface area (Å²) >= 11 is 1.76. The highest BCUT2D eigenvalue weighted by Crippen LogP contribution is 2.56. The molecule has 94 valence electrons. The van der Waals surface area contributed by atoms with Crippen LogP contribution in [0.25, 0.3) is 0 Å². The van der Waals surface area contributed by atoms with Crippen molar-refractivity contribution in [3.05, 3.63) is 29.8 Å². The van der Waals surface area contributed by atoms with Gasteiger partial charge >= 0.3 is 0 Å². The number of aliphatic hydroxyl groups is 1. The Hall–Kier alpha value is -0.510. The lowest BCUT2D eigenvalue weighted by Crippen LogP contribution is -2.30. The zero-order valence-corrected chi connectivity index (χ0v) is 11.6. The first-order valence-electron chi connectivity index (χ1n) is 6.04. The molecule has 1 N–H and O–H groups in total. The Kier molecular flexibility index (Phi) is 3.81. The molecule has 17 heavy (non-hydrogen) atoms. The highest BCUT2D eigenvalue weighted by Gasteiger charge is 2.50. The third-order valence-corrected chi connectivity index (χ3v) is 4.48. The van der Waals surface area contributed by atoms with Gasteiger partial charge in [0.25, 0.3) is 0 Å². The molecule has 0 heterocycles. The molecule has 0 spiro atoms. The molecular weight excluding hydrogens is 230 g/mol. The normalized spacial score (nSPS) is 19.4. The fourth-order valence-electron chi connectivity index (χ4n) is 2.66. The molecule has 1 aromatic rings. The summed E-state index contributed by atoms with van der Waals surface area (Å²) < 4.78 is 0. The lowest BCUT2D eigenvalue weighted by molar-refractivity contribution is 0.115. The molecule has 0 aliphatic heterocycles. The first kappa shape index (κ1) is 12.9. The summed E-state index contributed by atoms with van der Waals surface area (Å²) in [5.41, 5.74) is 1.42. The maximum Gasteiger partial charge on any atom is 0.0505 e. The number of nitrogens with zero attached hydrogens (tertiary/aromatic N) is 1. The van der Waals surface area contributed by atoms with Gasteiger partial charge in [0.05, 0.1) is 6.61 Å². The standard InChI is InChI=1S/C14H21NOS/c1-15(2)13(14(10-16)8-9-14)11-4-6-12(17-3)7-5-11/h4-7,13,16H,8-10H2,1-3H3. The Bertz CT molecular complexity index is 370. The molecule has 0 aromatic heterocycles. The molecule has 0 amide bonds. The van der Waals surface area contributed by atoms with Crippen LogP contribution in [0.2, 0.25) is 0 Å². The molecule has 1 unspecified atom stereocenters. The van der Waals surface area contributed by atoms with Crippen molar-refractivity contribution in [2.75, 3.05) is 27.0 Å². The molecule has 2 nitrogen and oxygen atoms in total. The van der Waals surface area contributed by atoms with Crippen molar-refractivity contribution in [3.63, 3.8) is 0 Å². The molecule has 1 atom stereocenters. The predicted molar refractivity (Wildman–Crippen MR) is 73.4 cm³/mol. The molecule has 0 bridgehead atoms. The zero-order chi connectivity index (χ0) is 12.5. The van der Waals surface area contributed by atoms with Crippen LogP contribution in [-0.2, 0) is 0 Å². The number of hydrogen-bond acceptors (Lipinski definition) is 3. The average molecular weight is 251 g/mol. The van der Waals surface area contributed by atoms with Gasteiger partial charge in [-0.15, -0.1) is 11.8 Å². The lowest BCUT2D eigenvalue weighted by atomic mass is 9.90. The topological polar surface area (TPSA) is 23.5 Å². The number of hydrogen-bond donors (Lipinski definition) is 1. The minimum Gasteiger partial charge on any atom is -0.396 e. The second-order valence-electron chi connectivity index (χ2n) is 5.16. The van der Waals surface area contributed by atoms with E-state index < -0.39 is 0 Å². The second kappa shape index (κ2) is 5.01. The van der Waals surface area contributed by atoms with Crippen LogP contribution < -0.4 is 0 Å². The van der Waals surface area contributed by atoms with Crippen LogP contribution >= 0.6 is 11.8 Å². The van der Waals surface area contributed by atoms with Crippen LogP contribution in [0, 0.1) is 5.41 Å². The zero-order valence-electron chi connectivity index (χ0n) is 10.8. The summed E-state index contributed by atoms with van der Waals surface area (Å²) in [4.78, 5) is 3.53. The summed E-state index contributed by atoms with van der Waals surface area (Å²) in [6, 6.07) is 9.08. The molecule has 1 fully saturated rings. The summed E-state index contributed by atoms with van der Waals surface area (Å²) in [5, 5.41) is 9.61. The van der Waals surface area contributed by atoms with Gasteiger partial charge in [0.2, 0.25) is 0 Å². The number of benzene rings is 1. The van der Waals surface area contributed by atoms with E-state index in [1.165, 1.54) is 10.5 Å². The summed E-state index contributed by atoms with van der Waals surface area (Å²) in [6.45, 7) is 0.292. The molecule has 1 aromatic carbocycles. The molecule has 3 heteroatoms. The van der Waals surface area contributed by atoms with Crippen molar-refractivity contribution in [2.45, 2.75) is 23.8 Å². The summed E-state index contributed by atoms with van der Waals surface area (Å²) in [5.74, 6) is 0. The van der Waals surface area contributed by atoms with Gasteiger partial charge in [-0.2, -0.15) is 0 Å². The van der Waals surface area contributed by atoms with Gasteiger partial charge in [-0.25, -0.2) is 0 Å². The minimum absolute atomic E-state index is 0.102. The third kappa shape index (κ3) is 2.51. The maximum atomic E-state index is 9.61. The van der Waals surface area contributed by atoms with Gasteiger partial charge in [0.1, 0.15) is 0 Å². The van der Waals surface area contributed by atoms with Gasteiger partial charge in [-0.3, -0.25) is 0 Å². The number of thioether (sulfide) groups is 1. The molecule has 0 saturated heterocycles. The number of rotatable bonds is 5. The van der Waals surface area contributed by atoms with Crippen molar-refractivity contribution in [2.24, 2.45) is 5.41 Å². The first-order chi connectivity index (χ1) is 8.13. The van der Waals surface area contributed by atoms with Crippen molar-refractivity contribution in [3.8, 4) is 0 Å². The predicted octanol–water partition coefficient (Wildman–Crippen LogP) is 2.78. The first-order valence-corrected chi connectivity index (χ1v) is 7.27. The van der Waals surface area contributed by atoms with Gasteiger partial charge in [-0.1, -0.05) is 12.1 Å². The van der Waals surface area contributed by atoms with E-state index in [0.29, 0.717) is 12.6 Å². The maximum absolute atomic E-state index is 9.61. The third-order valence-electron chi connectivity index (χ3n) is 3.74. The van der Waals surface area contributed by atoms with Crippen molar-refractivity contribution < 1.29 is 5.11 Å². The smallest absolute Gasteiger partial charge is 0.0505 e. The average Bonchev–Trinajstić information content (AvgIpc) is 3.11. The summed E-state index contributed by atoms with van der Waals surface area (Å²) in [6.07, 6.45) is 4.36. The molecule has 2 rings (SSSR count). The van der Waals surface area contributed by atoms with Gasteiger partial charge < -0.3 is 10.0 Å². The SMILES string of the molecule is CSc1ccc(C(N(C)C)C2(CO)CC2)cc1. The fraction of sp³-hybridized carbons (Fsp3) is 0.571. The van der Waals surface area contributed by atoms with Crippen LogP contribution in [0.4, 0.5) is 0 Å². The van der Waals surface area contributed by atoms with E-state index in [9.17, 15) is 5.11 Å². The molecular formula is C14H21NOS. The van der Waals surface area contributed by atoms with E-state index in [0.717, 1.165) is 12.8 Å². The van der Waals surface area contributed by atoms with E-state index in [1.807, 2.05) is 0 Å². The van der Waals surface area contributed by atoms with Crippen LogP contribution in [-0.4, -0.2) is 37.0 Å². The Morgan fingerprint density at radius 2 is 1.88 bits per heavy atom. The van der Waals surface area contributed by atoms with E-state index in [-0.39, 0.29) is 5.41 Å². The second-order valence-corrected chi connectivity index (χ2v) is 6.04. The summed E-state index contributed by atoms with van der Waals surface area (Å²) in [7, 11) is 4.20. The highest BCUT2D eigenvalue weighted by molar-refractivity contribution is 7.98. The van der Waals surface area contributed by atoms with Crippen molar-refractivity contribution >= 4 is 11.8 Å².